The van der Waals surface area contributed by atoms with Crippen molar-refractivity contribution in [3.63, 3.8) is 0 Å². The van der Waals surface area contributed by atoms with Crippen molar-refractivity contribution in [3.05, 3.63) is 59.9 Å². The molecule has 1 aliphatic heterocycles. The van der Waals surface area contributed by atoms with E-state index in [1.807, 2.05) is 29.8 Å². The Bertz CT molecular complexity index is 1040. The molecule has 31 heavy (non-hydrogen) atoms. The van der Waals surface area contributed by atoms with Gasteiger partial charge in [0.15, 0.2) is 16.7 Å². The summed E-state index contributed by atoms with van der Waals surface area (Å²) in [7, 11) is 1.92. The molecule has 0 atom stereocenters. The van der Waals surface area contributed by atoms with Crippen LogP contribution >= 0.6 is 11.8 Å². The van der Waals surface area contributed by atoms with Crippen molar-refractivity contribution in [1.82, 2.24) is 19.7 Å². The number of hydrogen-bond acceptors (Lipinski definition) is 5. The molecule has 4 rings (SSSR count). The Balaban J connectivity index is 1.25. The van der Waals surface area contributed by atoms with E-state index in [2.05, 4.69) is 15.1 Å². The van der Waals surface area contributed by atoms with Gasteiger partial charge in [-0.15, -0.1) is 10.2 Å². The molecular weight excluding hydrogens is 425 g/mol. The number of furan rings is 1. The van der Waals surface area contributed by atoms with Crippen LogP contribution in [-0.4, -0.2) is 45.1 Å². The average Bonchev–Trinajstić information content (AvgIpc) is 3.41. The van der Waals surface area contributed by atoms with Crippen molar-refractivity contribution in [2.45, 2.75) is 24.2 Å². The van der Waals surface area contributed by atoms with Gasteiger partial charge in [-0.05, 0) is 54.8 Å². The lowest BCUT2D eigenvalue weighted by molar-refractivity contribution is -0.137. The normalized spacial score (nSPS) is 15.3. The first-order valence-electron chi connectivity index (χ1n) is 10.1. The van der Waals surface area contributed by atoms with E-state index in [4.69, 9.17) is 4.42 Å². The van der Waals surface area contributed by atoms with E-state index in [9.17, 15) is 13.2 Å². The minimum atomic E-state index is -4.31. The molecule has 9 heteroatoms. The lowest BCUT2D eigenvalue weighted by Crippen LogP contribution is -2.29. The number of alkyl halides is 3. The van der Waals surface area contributed by atoms with Crippen LogP contribution in [0.5, 0.6) is 0 Å². The van der Waals surface area contributed by atoms with Gasteiger partial charge in [0.1, 0.15) is 0 Å². The lowest BCUT2D eigenvalue weighted by atomic mass is 9.97. The van der Waals surface area contributed by atoms with Crippen LogP contribution in [0.25, 0.3) is 17.2 Å². The second-order valence-electron chi connectivity index (χ2n) is 7.40. The number of rotatable bonds is 7. The predicted octanol–water partition coefficient (Wildman–Crippen LogP) is 5.37. The molecule has 5 nitrogen and oxygen atoms in total. The molecule has 0 amide bonds. The molecule has 0 aliphatic carbocycles. The molecule has 0 N–H and O–H groups in total. The molecule has 0 bridgehead atoms. The SMILES string of the molecule is Cn1c(SCCCN2CC=C(c3cccc(C(F)(F)F)c3)CC2)nnc1-c1ccco1. The van der Waals surface area contributed by atoms with Gasteiger partial charge in [-0.1, -0.05) is 30.0 Å². The van der Waals surface area contributed by atoms with Gasteiger partial charge in [0.2, 0.25) is 0 Å². The maximum Gasteiger partial charge on any atom is 0.416 e. The highest BCUT2D eigenvalue weighted by Gasteiger charge is 2.30. The molecular formula is C22H23F3N4OS. The van der Waals surface area contributed by atoms with Crippen molar-refractivity contribution in [3.8, 4) is 11.6 Å². The summed E-state index contributed by atoms with van der Waals surface area (Å²) in [5, 5.41) is 9.28. The van der Waals surface area contributed by atoms with Crippen molar-refractivity contribution < 1.29 is 17.6 Å². The van der Waals surface area contributed by atoms with E-state index in [1.165, 1.54) is 12.1 Å². The highest BCUT2D eigenvalue weighted by Crippen LogP contribution is 2.32. The average molecular weight is 449 g/mol. The van der Waals surface area contributed by atoms with Gasteiger partial charge in [-0.25, -0.2) is 0 Å². The molecule has 0 fully saturated rings. The lowest BCUT2D eigenvalue weighted by Gasteiger charge is -2.26. The quantitative estimate of drug-likeness (QED) is 0.359. The van der Waals surface area contributed by atoms with Crippen LogP contribution in [0.15, 0.2) is 58.3 Å². The summed E-state index contributed by atoms with van der Waals surface area (Å²) in [5.41, 5.74) is 1.06. The fraction of sp³-hybridized carbons (Fsp3) is 0.364. The van der Waals surface area contributed by atoms with Crippen LogP contribution in [0.1, 0.15) is 24.0 Å². The predicted molar refractivity (Wildman–Crippen MR) is 115 cm³/mol. The molecule has 3 aromatic rings. The third-order valence-electron chi connectivity index (χ3n) is 5.28. The van der Waals surface area contributed by atoms with Gasteiger partial charge in [0.25, 0.3) is 0 Å². The highest BCUT2D eigenvalue weighted by molar-refractivity contribution is 7.99. The summed E-state index contributed by atoms with van der Waals surface area (Å²) in [5.74, 6) is 2.31. The first-order chi connectivity index (χ1) is 14.9. The molecule has 0 spiro atoms. The Labute approximate surface area is 183 Å². The van der Waals surface area contributed by atoms with Crippen molar-refractivity contribution >= 4 is 17.3 Å². The molecule has 0 saturated carbocycles. The molecule has 0 unspecified atom stereocenters. The van der Waals surface area contributed by atoms with Gasteiger partial charge in [-0.3, -0.25) is 4.90 Å². The summed E-state index contributed by atoms with van der Waals surface area (Å²) in [6.07, 6.45) is 1.09. The minimum absolute atomic E-state index is 0.593. The van der Waals surface area contributed by atoms with Gasteiger partial charge in [-0.2, -0.15) is 13.2 Å². The van der Waals surface area contributed by atoms with Crippen molar-refractivity contribution in [2.24, 2.45) is 7.05 Å². The van der Waals surface area contributed by atoms with Crippen LogP contribution in [0, 0.1) is 0 Å². The summed E-state index contributed by atoms with van der Waals surface area (Å²) in [4.78, 5) is 2.32. The molecule has 1 aromatic carbocycles. The van der Waals surface area contributed by atoms with Gasteiger partial charge < -0.3 is 8.98 Å². The van der Waals surface area contributed by atoms with Crippen LogP contribution in [-0.2, 0) is 13.2 Å². The summed E-state index contributed by atoms with van der Waals surface area (Å²) in [6.45, 7) is 2.53. The summed E-state index contributed by atoms with van der Waals surface area (Å²) in [6, 6.07) is 9.28. The Hall–Kier alpha value is -2.52. The Kier molecular flexibility index (Phi) is 6.52. The third kappa shape index (κ3) is 5.22. The van der Waals surface area contributed by atoms with Gasteiger partial charge >= 0.3 is 6.18 Å². The second-order valence-corrected chi connectivity index (χ2v) is 8.47. The number of aromatic nitrogens is 3. The fourth-order valence-corrected chi connectivity index (χ4v) is 4.42. The smallest absolute Gasteiger partial charge is 0.416 e. The van der Waals surface area contributed by atoms with Crippen molar-refractivity contribution in [2.75, 3.05) is 25.4 Å². The number of halogens is 3. The Morgan fingerprint density at radius 1 is 1.16 bits per heavy atom. The summed E-state index contributed by atoms with van der Waals surface area (Å²) >= 11 is 1.65. The van der Waals surface area contributed by atoms with Crippen LogP contribution in [0.4, 0.5) is 13.2 Å². The highest BCUT2D eigenvalue weighted by atomic mass is 32.2. The molecule has 1 aliphatic rings. The van der Waals surface area contributed by atoms with Gasteiger partial charge in [0, 0.05) is 25.9 Å². The van der Waals surface area contributed by atoms with E-state index in [-0.39, 0.29) is 0 Å². The first kappa shape index (κ1) is 21.7. The van der Waals surface area contributed by atoms with E-state index in [0.29, 0.717) is 17.1 Å². The van der Waals surface area contributed by atoms with Crippen LogP contribution in [0.3, 0.4) is 0 Å². The van der Waals surface area contributed by atoms with Gasteiger partial charge in [0.05, 0.1) is 11.8 Å². The standard InChI is InChI=1S/C22H23F3N4OS/c1-28-20(19-7-3-13-30-19)26-27-21(28)31-14-4-10-29-11-8-16(9-12-29)17-5-2-6-18(15-17)22(23,24)25/h2-3,5-8,13,15H,4,9-12,14H2,1H3. The largest absolute Gasteiger partial charge is 0.461 e. The Morgan fingerprint density at radius 3 is 2.74 bits per heavy atom. The van der Waals surface area contributed by atoms with E-state index < -0.39 is 11.7 Å². The van der Waals surface area contributed by atoms with Crippen LogP contribution < -0.4 is 0 Å². The topological polar surface area (TPSA) is 47.1 Å². The third-order valence-corrected chi connectivity index (χ3v) is 6.39. The summed E-state index contributed by atoms with van der Waals surface area (Å²) < 4.78 is 46.1. The first-order valence-corrected chi connectivity index (χ1v) is 11.1. The fourth-order valence-electron chi connectivity index (χ4n) is 3.58. The maximum atomic E-state index is 12.9. The number of hydrogen-bond donors (Lipinski definition) is 0. The number of nitrogens with zero attached hydrogens (tertiary/aromatic N) is 4. The maximum absolute atomic E-state index is 12.9. The van der Waals surface area contributed by atoms with E-state index in [0.717, 1.165) is 55.0 Å². The minimum Gasteiger partial charge on any atom is -0.461 e. The van der Waals surface area contributed by atoms with E-state index in [1.54, 1.807) is 24.1 Å². The number of benzene rings is 1. The Morgan fingerprint density at radius 2 is 2.03 bits per heavy atom. The molecule has 0 radical (unpaired) electrons. The number of thioether (sulfide) groups is 1. The molecule has 0 saturated heterocycles. The zero-order chi connectivity index (χ0) is 21.8. The van der Waals surface area contributed by atoms with Crippen molar-refractivity contribution in [1.29, 1.82) is 0 Å². The zero-order valence-electron chi connectivity index (χ0n) is 17.1. The van der Waals surface area contributed by atoms with E-state index >= 15 is 0 Å². The second kappa shape index (κ2) is 9.32. The monoisotopic (exact) mass is 448 g/mol. The van der Waals surface area contributed by atoms with Crippen LogP contribution in [0.2, 0.25) is 0 Å². The zero-order valence-corrected chi connectivity index (χ0v) is 17.9. The molecule has 2 aromatic heterocycles. The molecule has 3 heterocycles. The molecule has 164 valence electrons.